The smallest absolute Gasteiger partial charge is 0.337 e. The molecule has 1 N–H and O–H groups in total. The predicted octanol–water partition coefficient (Wildman–Crippen LogP) is 3.74. The number of carbonyl (C=O) groups is 2. The van der Waals surface area contributed by atoms with E-state index in [-0.39, 0.29) is 16.1 Å². The molecule has 1 unspecified atom stereocenters. The van der Waals surface area contributed by atoms with Gasteiger partial charge in [0.25, 0.3) is 0 Å². The van der Waals surface area contributed by atoms with Crippen LogP contribution in [0.25, 0.3) is 0 Å². The Kier molecular flexibility index (Phi) is 4.12. The molecule has 2 rings (SSSR count). The molecule has 0 aliphatic carbocycles. The van der Waals surface area contributed by atoms with Crippen molar-refractivity contribution < 1.29 is 14.7 Å². The zero-order valence-corrected chi connectivity index (χ0v) is 11.7. The number of carbonyl (C=O) groups excluding carboxylic acids is 1. The Bertz CT molecular complexity index is 655. The van der Waals surface area contributed by atoms with Crippen LogP contribution in [0.2, 0.25) is 5.02 Å². The minimum absolute atomic E-state index is 0.0599. The van der Waals surface area contributed by atoms with E-state index < -0.39 is 16.6 Å². The number of carboxylic acid groups (broad SMARTS) is 1. The van der Waals surface area contributed by atoms with Gasteiger partial charge in [0.05, 0.1) is 0 Å². The molecule has 0 aliphatic rings. The second-order valence-corrected chi connectivity index (χ2v) is 5.11. The maximum Gasteiger partial charge on any atom is 0.337 e. The zero-order valence-electron chi connectivity index (χ0n) is 10.2. The van der Waals surface area contributed by atoms with Crippen LogP contribution >= 0.6 is 23.2 Å². The molecule has 0 aromatic heterocycles. The van der Waals surface area contributed by atoms with Crippen LogP contribution in [0.3, 0.4) is 0 Å². The van der Waals surface area contributed by atoms with Gasteiger partial charge in [0.15, 0.2) is 5.78 Å². The summed E-state index contributed by atoms with van der Waals surface area (Å²) in [6.45, 7) is 0. The summed E-state index contributed by atoms with van der Waals surface area (Å²) in [5.41, 5.74) is 0.273. The van der Waals surface area contributed by atoms with E-state index in [9.17, 15) is 14.7 Å². The second-order valence-electron chi connectivity index (χ2n) is 4.14. The molecule has 0 fully saturated rings. The second kappa shape index (κ2) is 5.65. The lowest BCUT2D eigenvalue weighted by molar-refractivity contribution is -0.138. The first-order chi connectivity index (χ1) is 9.48. The lowest BCUT2D eigenvalue weighted by Gasteiger charge is -2.22. The average Bonchev–Trinajstić information content (AvgIpc) is 2.47. The van der Waals surface area contributed by atoms with Crippen molar-refractivity contribution in [2.45, 2.75) is 4.87 Å². The summed E-state index contributed by atoms with van der Waals surface area (Å²) in [6, 6.07) is 14.2. The third-order valence-electron chi connectivity index (χ3n) is 2.89. The number of benzene rings is 2. The van der Waals surface area contributed by atoms with Gasteiger partial charge in [-0.25, -0.2) is 4.79 Å². The first-order valence-corrected chi connectivity index (χ1v) is 6.50. The molecule has 0 amide bonds. The summed E-state index contributed by atoms with van der Waals surface area (Å²) in [5.74, 6) is -2.18. The van der Waals surface area contributed by atoms with E-state index >= 15 is 0 Å². The summed E-state index contributed by atoms with van der Waals surface area (Å²) < 4.78 is 0. The SMILES string of the molecule is O=C(O)C(Cl)(C(=O)c1ccccc1)c1ccccc1Cl. The number of aliphatic carboxylic acids is 1. The van der Waals surface area contributed by atoms with E-state index in [0.29, 0.717) is 0 Å². The van der Waals surface area contributed by atoms with Crippen molar-refractivity contribution in [2.24, 2.45) is 0 Å². The zero-order chi connectivity index (χ0) is 14.8. The fraction of sp³-hybridized carbons (Fsp3) is 0.0667. The van der Waals surface area contributed by atoms with E-state index in [1.165, 1.54) is 24.3 Å². The number of hydrogen-bond acceptors (Lipinski definition) is 2. The van der Waals surface area contributed by atoms with Gasteiger partial charge >= 0.3 is 5.97 Å². The molecule has 1 atom stereocenters. The van der Waals surface area contributed by atoms with Crippen LogP contribution in [0, 0.1) is 0 Å². The van der Waals surface area contributed by atoms with Crippen LogP contribution in [0.15, 0.2) is 54.6 Å². The topological polar surface area (TPSA) is 54.4 Å². The van der Waals surface area contributed by atoms with Gasteiger partial charge in [0, 0.05) is 16.1 Å². The third-order valence-corrected chi connectivity index (χ3v) is 3.76. The Morgan fingerprint density at radius 3 is 2.05 bits per heavy atom. The molecular weight excluding hydrogens is 299 g/mol. The molecule has 2 aromatic rings. The first kappa shape index (κ1) is 14.6. The van der Waals surface area contributed by atoms with E-state index in [2.05, 4.69) is 0 Å². The Morgan fingerprint density at radius 2 is 1.50 bits per heavy atom. The van der Waals surface area contributed by atoms with Gasteiger partial charge in [-0.1, -0.05) is 71.7 Å². The summed E-state index contributed by atoms with van der Waals surface area (Å²) in [4.78, 5) is 21.8. The van der Waals surface area contributed by atoms with Gasteiger partial charge < -0.3 is 5.11 Å². The number of alkyl halides is 1. The molecule has 3 nitrogen and oxygen atoms in total. The lowest BCUT2D eigenvalue weighted by Crippen LogP contribution is -2.38. The highest BCUT2D eigenvalue weighted by Gasteiger charge is 2.47. The highest BCUT2D eigenvalue weighted by Crippen LogP contribution is 2.37. The van der Waals surface area contributed by atoms with Crippen LogP contribution in [-0.2, 0) is 9.67 Å². The van der Waals surface area contributed by atoms with Crippen molar-refractivity contribution in [1.82, 2.24) is 0 Å². The maximum absolute atomic E-state index is 12.5. The first-order valence-electron chi connectivity index (χ1n) is 5.75. The van der Waals surface area contributed by atoms with Gasteiger partial charge in [-0.2, -0.15) is 0 Å². The molecule has 0 saturated carbocycles. The van der Waals surface area contributed by atoms with Crippen molar-refractivity contribution in [2.75, 3.05) is 0 Å². The van der Waals surface area contributed by atoms with Crippen LogP contribution in [-0.4, -0.2) is 16.9 Å². The number of Topliss-reactive ketones (excluding diaryl/α,β-unsaturated/α-hetero) is 1. The quantitative estimate of drug-likeness (QED) is 0.532. The van der Waals surface area contributed by atoms with Crippen LogP contribution in [0.4, 0.5) is 0 Å². The van der Waals surface area contributed by atoms with E-state index in [0.717, 1.165) is 0 Å². The molecule has 0 spiro atoms. The maximum atomic E-state index is 12.5. The monoisotopic (exact) mass is 308 g/mol. The normalized spacial score (nSPS) is 13.5. The molecule has 0 radical (unpaired) electrons. The largest absolute Gasteiger partial charge is 0.479 e. The summed E-state index contributed by atoms with van der Waals surface area (Å²) in [5, 5.41) is 9.56. The van der Waals surface area contributed by atoms with Gasteiger partial charge in [-0.3, -0.25) is 4.79 Å². The lowest BCUT2D eigenvalue weighted by atomic mass is 9.89. The summed E-state index contributed by atoms with van der Waals surface area (Å²) >= 11 is 12.1. The van der Waals surface area contributed by atoms with Gasteiger partial charge in [0.1, 0.15) is 0 Å². The molecular formula is C15H10Cl2O3. The van der Waals surface area contributed by atoms with Crippen molar-refractivity contribution in [3.05, 3.63) is 70.7 Å². The molecule has 20 heavy (non-hydrogen) atoms. The Balaban J connectivity index is 2.60. The predicted molar refractivity (Wildman–Crippen MR) is 77.4 cm³/mol. The number of carboxylic acids is 1. The highest BCUT2D eigenvalue weighted by molar-refractivity contribution is 6.48. The van der Waals surface area contributed by atoms with Gasteiger partial charge in [-0.05, 0) is 6.07 Å². The Morgan fingerprint density at radius 1 is 0.950 bits per heavy atom. The molecule has 5 heteroatoms. The number of hydrogen-bond donors (Lipinski definition) is 1. The molecule has 0 bridgehead atoms. The van der Waals surface area contributed by atoms with Crippen LogP contribution < -0.4 is 0 Å². The minimum atomic E-state index is -2.24. The summed E-state index contributed by atoms with van der Waals surface area (Å²) in [6.07, 6.45) is 0. The Labute approximate surface area is 125 Å². The highest BCUT2D eigenvalue weighted by atomic mass is 35.5. The van der Waals surface area contributed by atoms with Crippen molar-refractivity contribution in [3.63, 3.8) is 0 Å². The molecule has 0 heterocycles. The van der Waals surface area contributed by atoms with Gasteiger partial charge in [0.2, 0.25) is 4.87 Å². The summed E-state index contributed by atoms with van der Waals surface area (Å²) in [7, 11) is 0. The van der Waals surface area contributed by atoms with Crippen LogP contribution in [0.1, 0.15) is 15.9 Å². The fourth-order valence-electron chi connectivity index (χ4n) is 1.86. The van der Waals surface area contributed by atoms with Crippen LogP contribution in [0.5, 0.6) is 0 Å². The van der Waals surface area contributed by atoms with E-state index in [1.54, 1.807) is 30.3 Å². The van der Waals surface area contributed by atoms with Crippen molar-refractivity contribution >= 4 is 35.0 Å². The third kappa shape index (κ3) is 2.42. The van der Waals surface area contributed by atoms with Crippen molar-refractivity contribution in [1.29, 1.82) is 0 Å². The molecule has 2 aromatic carbocycles. The molecule has 102 valence electrons. The van der Waals surface area contributed by atoms with Gasteiger partial charge in [-0.15, -0.1) is 0 Å². The number of ketones is 1. The molecule has 0 saturated heterocycles. The fourth-order valence-corrected chi connectivity index (χ4v) is 2.46. The molecule has 0 aliphatic heterocycles. The van der Waals surface area contributed by atoms with Crippen molar-refractivity contribution in [3.8, 4) is 0 Å². The van der Waals surface area contributed by atoms with E-state index in [4.69, 9.17) is 23.2 Å². The minimum Gasteiger partial charge on any atom is -0.479 e. The number of rotatable bonds is 4. The Hall–Kier alpha value is -1.84. The van der Waals surface area contributed by atoms with E-state index in [1.807, 2.05) is 0 Å². The standard InChI is InChI=1S/C15H10Cl2O3/c16-12-9-5-4-8-11(12)15(17,14(19)20)13(18)10-6-2-1-3-7-10/h1-9H,(H,19,20). The average molecular weight is 309 g/mol. The number of halogens is 2.